The highest BCUT2D eigenvalue weighted by atomic mass is 79.9. The Morgan fingerprint density at radius 1 is 0.917 bits per heavy atom. The number of hydrogen-bond acceptors (Lipinski definition) is 0. The first-order valence-corrected chi connectivity index (χ1v) is 4.76. The third-order valence-corrected chi connectivity index (χ3v) is 2.36. The van der Waals surface area contributed by atoms with Gasteiger partial charge >= 0.3 is 0 Å². The molecule has 12 heavy (non-hydrogen) atoms. The molecule has 2 rings (SSSR count). The summed E-state index contributed by atoms with van der Waals surface area (Å²) in [6.45, 7) is 0. The molecule has 0 aliphatic heterocycles. The summed E-state index contributed by atoms with van der Waals surface area (Å²) in [5, 5.41) is 0. The van der Waals surface area contributed by atoms with Crippen LogP contribution >= 0.6 is 15.9 Å². The van der Waals surface area contributed by atoms with Crippen LogP contribution in [0.4, 0.5) is 0 Å². The van der Waals surface area contributed by atoms with Crippen LogP contribution in [0.1, 0.15) is 11.1 Å². The lowest BCUT2D eigenvalue weighted by molar-refractivity contribution is 1.57. The van der Waals surface area contributed by atoms with Crippen LogP contribution in [0.5, 0.6) is 0 Å². The molecule has 0 saturated carbocycles. The SMILES string of the molecule is Brc1ccccccc2c(c1)C2. The maximum Gasteiger partial charge on any atom is 0.0178 e. The van der Waals surface area contributed by atoms with Crippen molar-refractivity contribution in [3.05, 3.63) is 58.1 Å². The smallest absolute Gasteiger partial charge is 0.0178 e. The van der Waals surface area contributed by atoms with E-state index in [4.69, 9.17) is 0 Å². The molecule has 0 N–H and O–H groups in total. The lowest BCUT2D eigenvalue weighted by Crippen LogP contribution is -1.54. The first-order valence-electron chi connectivity index (χ1n) is 3.97. The van der Waals surface area contributed by atoms with Crippen LogP contribution in [0.15, 0.2) is 46.9 Å². The normalized spacial score (nSPS) is 11.4. The Labute approximate surface area is 80.7 Å². The quantitative estimate of drug-likeness (QED) is 0.638. The van der Waals surface area contributed by atoms with E-state index in [-0.39, 0.29) is 0 Å². The summed E-state index contributed by atoms with van der Waals surface area (Å²) >= 11 is 3.48. The van der Waals surface area contributed by atoms with Gasteiger partial charge in [-0.15, -0.1) is 0 Å². The molecule has 1 heteroatoms. The molecule has 1 aromatic rings. The minimum absolute atomic E-state index is 1.15. The number of fused-ring (bicyclic) bond motifs is 1. The fraction of sp³-hybridized carbons (Fsp3) is 0.0909. The number of rotatable bonds is 0. The Morgan fingerprint density at radius 2 is 1.67 bits per heavy atom. The fourth-order valence-corrected chi connectivity index (χ4v) is 1.56. The molecule has 0 radical (unpaired) electrons. The predicted octanol–water partition coefficient (Wildman–Crippen LogP) is 3.48. The predicted molar refractivity (Wildman–Crippen MR) is 54.6 cm³/mol. The van der Waals surface area contributed by atoms with Gasteiger partial charge in [0.05, 0.1) is 0 Å². The van der Waals surface area contributed by atoms with Gasteiger partial charge in [-0.3, -0.25) is 0 Å². The largest absolute Gasteiger partial charge is 0.0623 e. The van der Waals surface area contributed by atoms with Crippen molar-refractivity contribution in [3.8, 4) is 0 Å². The molecule has 0 unspecified atom stereocenters. The average Bonchev–Trinajstić information content (AvgIpc) is 2.76. The summed E-state index contributed by atoms with van der Waals surface area (Å²) in [5.41, 5.74) is 2.89. The van der Waals surface area contributed by atoms with Gasteiger partial charge in [0.2, 0.25) is 0 Å². The van der Waals surface area contributed by atoms with Gasteiger partial charge in [-0.05, 0) is 29.7 Å². The molecule has 1 aliphatic carbocycles. The van der Waals surface area contributed by atoms with Crippen LogP contribution in [-0.2, 0) is 6.42 Å². The molecule has 0 saturated heterocycles. The van der Waals surface area contributed by atoms with E-state index < -0.39 is 0 Å². The third-order valence-electron chi connectivity index (χ3n) is 1.87. The summed E-state index contributed by atoms with van der Waals surface area (Å²) in [6.07, 6.45) is 1.15. The van der Waals surface area contributed by atoms with Crippen LogP contribution in [-0.4, -0.2) is 0 Å². The van der Waals surface area contributed by atoms with Crippen LogP contribution in [0.2, 0.25) is 0 Å². The molecule has 0 nitrogen and oxygen atoms in total. The van der Waals surface area contributed by atoms with Crippen LogP contribution in [0.25, 0.3) is 0 Å². The average molecular weight is 221 g/mol. The lowest BCUT2D eigenvalue weighted by Gasteiger charge is -1.78. The molecular formula is C11H9Br. The van der Waals surface area contributed by atoms with Crippen molar-refractivity contribution in [1.29, 1.82) is 0 Å². The minimum Gasteiger partial charge on any atom is -0.0623 e. The molecule has 0 amide bonds. The van der Waals surface area contributed by atoms with Crippen LogP contribution in [0, 0.1) is 0 Å². The van der Waals surface area contributed by atoms with E-state index >= 15 is 0 Å². The molecular weight excluding hydrogens is 212 g/mol. The molecule has 1 aromatic carbocycles. The van der Waals surface area contributed by atoms with Crippen molar-refractivity contribution in [2.45, 2.75) is 6.42 Å². The van der Waals surface area contributed by atoms with Gasteiger partial charge in [-0.25, -0.2) is 0 Å². The van der Waals surface area contributed by atoms with E-state index in [1.165, 1.54) is 11.1 Å². The highest BCUT2D eigenvalue weighted by Crippen LogP contribution is 2.26. The van der Waals surface area contributed by atoms with E-state index in [1.54, 1.807) is 0 Å². The van der Waals surface area contributed by atoms with Gasteiger partial charge in [0, 0.05) is 4.47 Å². The summed E-state index contributed by atoms with van der Waals surface area (Å²) < 4.78 is 1.15. The molecule has 0 spiro atoms. The highest BCUT2D eigenvalue weighted by molar-refractivity contribution is 9.10. The van der Waals surface area contributed by atoms with Crippen molar-refractivity contribution in [3.63, 3.8) is 0 Å². The first kappa shape index (κ1) is 7.81. The molecule has 0 atom stereocenters. The topological polar surface area (TPSA) is 0 Å². The molecule has 60 valence electrons. The van der Waals surface area contributed by atoms with E-state index in [1.807, 2.05) is 18.2 Å². The van der Waals surface area contributed by atoms with Crippen LogP contribution in [0.3, 0.4) is 0 Å². The van der Waals surface area contributed by atoms with Crippen LogP contribution < -0.4 is 0 Å². The van der Waals surface area contributed by atoms with Gasteiger partial charge in [0.1, 0.15) is 0 Å². The summed E-state index contributed by atoms with van der Waals surface area (Å²) in [6, 6.07) is 14.6. The standard InChI is InChI=1S/C11H9Br/c12-11-6-4-2-1-3-5-9-7-10(9)8-11/h1-6,8H,7H2. The zero-order chi connectivity index (χ0) is 8.39. The Bertz CT molecular complexity index is 353. The van der Waals surface area contributed by atoms with Gasteiger partial charge in [-0.2, -0.15) is 0 Å². The Kier molecular flexibility index (Phi) is 2.13. The summed E-state index contributed by atoms with van der Waals surface area (Å²) in [4.78, 5) is 0. The van der Waals surface area contributed by atoms with Crippen molar-refractivity contribution < 1.29 is 0 Å². The van der Waals surface area contributed by atoms with E-state index in [2.05, 4.69) is 40.2 Å². The maximum absolute atomic E-state index is 3.48. The monoisotopic (exact) mass is 220 g/mol. The Hall–Kier alpha value is -0.820. The Morgan fingerprint density at radius 3 is 2.50 bits per heavy atom. The second kappa shape index (κ2) is 3.28. The van der Waals surface area contributed by atoms with Crippen molar-refractivity contribution in [2.24, 2.45) is 0 Å². The molecule has 0 bridgehead atoms. The maximum atomic E-state index is 3.48. The molecule has 1 aliphatic rings. The van der Waals surface area contributed by atoms with Crippen molar-refractivity contribution in [2.75, 3.05) is 0 Å². The fourth-order valence-electron chi connectivity index (χ4n) is 1.13. The third kappa shape index (κ3) is 1.86. The minimum atomic E-state index is 1.15. The zero-order valence-electron chi connectivity index (χ0n) is 6.63. The number of halogens is 1. The van der Waals surface area contributed by atoms with Gasteiger partial charge in [0.15, 0.2) is 0 Å². The van der Waals surface area contributed by atoms with Crippen molar-refractivity contribution in [1.82, 2.24) is 0 Å². The van der Waals surface area contributed by atoms with E-state index in [0.717, 1.165) is 10.9 Å². The molecule has 0 fully saturated rings. The Balaban J connectivity index is 2.56. The van der Waals surface area contributed by atoms with Gasteiger partial charge in [0.25, 0.3) is 0 Å². The highest BCUT2D eigenvalue weighted by Gasteiger charge is 2.12. The lowest BCUT2D eigenvalue weighted by atomic mass is 10.4. The second-order valence-electron chi connectivity index (χ2n) is 2.86. The summed E-state index contributed by atoms with van der Waals surface area (Å²) in [5.74, 6) is 0. The van der Waals surface area contributed by atoms with E-state index in [0.29, 0.717) is 0 Å². The number of hydrogen-bond donors (Lipinski definition) is 0. The zero-order valence-corrected chi connectivity index (χ0v) is 8.21. The van der Waals surface area contributed by atoms with Gasteiger partial charge in [-0.1, -0.05) is 46.3 Å². The van der Waals surface area contributed by atoms with Gasteiger partial charge < -0.3 is 0 Å². The molecule has 0 heterocycles. The van der Waals surface area contributed by atoms with Crippen molar-refractivity contribution >= 4 is 15.9 Å². The van der Waals surface area contributed by atoms with E-state index in [9.17, 15) is 0 Å². The first-order chi connectivity index (χ1) is 5.86. The molecule has 0 aromatic heterocycles. The summed E-state index contributed by atoms with van der Waals surface area (Å²) in [7, 11) is 0. The second-order valence-corrected chi connectivity index (χ2v) is 3.78.